The summed E-state index contributed by atoms with van der Waals surface area (Å²) in [5.74, 6) is 1.70. The number of carbonyl (C=O) groups excluding carboxylic acids is 1. The molecule has 4 rings (SSSR count). The number of aryl methyl sites for hydroxylation is 1. The average Bonchev–Trinajstić information content (AvgIpc) is 3.21. The van der Waals surface area contributed by atoms with Crippen LogP contribution in [0.25, 0.3) is 6.08 Å². The lowest BCUT2D eigenvalue weighted by molar-refractivity contribution is -0.111. The van der Waals surface area contributed by atoms with Crippen LogP contribution in [0.3, 0.4) is 0 Å². The van der Waals surface area contributed by atoms with Gasteiger partial charge in [-0.25, -0.2) is 0 Å². The van der Waals surface area contributed by atoms with Gasteiger partial charge in [-0.2, -0.15) is 5.10 Å². The van der Waals surface area contributed by atoms with Gasteiger partial charge in [-0.3, -0.25) is 9.48 Å². The zero-order valence-corrected chi connectivity index (χ0v) is 21.2. The minimum atomic E-state index is -0.274. The largest absolute Gasteiger partial charge is 0.496 e. The number of anilines is 1. The Bertz CT molecular complexity index is 1320. The fraction of sp³-hybridized carbons (Fsp3) is 0.143. The molecule has 0 atom stereocenters. The highest BCUT2D eigenvalue weighted by Gasteiger charge is 2.10. The Labute approximate surface area is 213 Å². The zero-order chi connectivity index (χ0) is 24.6. The summed E-state index contributed by atoms with van der Waals surface area (Å²) in [4.78, 5) is 12.5. The molecule has 0 fully saturated rings. The standard InChI is InChI=1S/C28H26BrN3O3/c1-20-8-10-22(11-9-20)17-32-18-25(29)28(31-32)30-27(33)15-13-21-12-14-26(34-2)23(16-21)19-35-24-6-4-3-5-7-24/h3-16,18H,17,19H2,1-2H3,(H,30,31,33)/b15-13+. The van der Waals surface area contributed by atoms with E-state index in [1.807, 2.05) is 54.7 Å². The van der Waals surface area contributed by atoms with Crippen LogP contribution in [-0.2, 0) is 17.9 Å². The highest BCUT2D eigenvalue weighted by Crippen LogP contribution is 2.24. The number of ether oxygens (including phenoxy) is 2. The van der Waals surface area contributed by atoms with E-state index < -0.39 is 0 Å². The van der Waals surface area contributed by atoms with E-state index in [1.54, 1.807) is 17.9 Å². The topological polar surface area (TPSA) is 65.4 Å². The summed E-state index contributed by atoms with van der Waals surface area (Å²) < 4.78 is 13.8. The van der Waals surface area contributed by atoms with Crippen LogP contribution in [0.2, 0.25) is 0 Å². The molecule has 7 heteroatoms. The number of nitrogens with one attached hydrogen (secondary N) is 1. The van der Waals surface area contributed by atoms with Crippen LogP contribution in [0.5, 0.6) is 11.5 Å². The minimum Gasteiger partial charge on any atom is -0.496 e. The number of aromatic nitrogens is 2. The van der Waals surface area contributed by atoms with Gasteiger partial charge in [-0.15, -0.1) is 0 Å². The van der Waals surface area contributed by atoms with Gasteiger partial charge < -0.3 is 14.8 Å². The zero-order valence-electron chi connectivity index (χ0n) is 19.6. The van der Waals surface area contributed by atoms with Crippen molar-refractivity contribution in [3.8, 4) is 11.5 Å². The molecule has 0 aliphatic rings. The molecule has 0 radical (unpaired) electrons. The number of carbonyl (C=O) groups is 1. The minimum absolute atomic E-state index is 0.274. The van der Waals surface area contributed by atoms with Crippen LogP contribution in [0.4, 0.5) is 5.82 Å². The molecule has 0 aliphatic heterocycles. The Kier molecular flexibility index (Phi) is 8.00. The number of methoxy groups -OCH3 is 1. The van der Waals surface area contributed by atoms with Crippen molar-refractivity contribution < 1.29 is 14.3 Å². The van der Waals surface area contributed by atoms with Gasteiger partial charge in [-0.1, -0.05) is 54.1 Å². The van der Waals surface area contributed by atoms with Gasteiger partial charge in [0.05, 0.1) is 18.1 Å². The highest BCUT2D eigenvalue weighted by atomic mass is 79.9. The van der Waals surface area contributed by atoms with Gasteiger partial charge in [0.2, 0.25) is 5.91 Å². The Morgan fingerprint density at radius 1 is 1.09 bits per heavy atom. The third-order valence-electron chi connectivity index (χ3n) is 5.29. The lowest BCUT2D eigenvalue weighted by Crippen LogP contribution is -2.09. The molecule has 0 saturated carbocycles. The maximum atomic E-state index is 12.5. The van der Waals surface area contributed by atoms with Gasteiger partial charge in [0.25, 0.3) is 0 Å². The molecule has 0 aliphatic carbocycles. The second-order valence-electron chi connectivity index (χ2n) is 8.00. The molecule has 0 unspecified atom stereocenters. The molecule has 0 spiro atoms. The van der Waals surface area contributed by atoms with Gasteiger partial charge >= 0.3 is 0 Å². The molecule has 4 aromatic rings. The van der Waals surface area contributed by atoms with E-state index in [0.717, 1.165) is 32.7 Å². The molecule has 178 valence electrons. The lowest BCUT2D eigenvalue weighted by Gasteiger charge is -2.11. The van der Waals surface area contributed by atoms with Crippen molar-refractivity contribution in [3.05, 3.63) is 112 Å². The van der Waals surface area contributed by atoms with Gasteiger partial charge in [0, 0.05) is 17.8 Å². The van der Waals surface area contributed by atoms with Crippen LogP contribution < -0.4 is 14.8 Å². The van der Waals surface area contributed by atoms with E-state index >= 15 is 0 Å². The van der Waals surface area contributed by atoms with E-state index in [4.69, 9.17) is 9.47 Å². The number of hydrogen-bond acceptors (Lipinski definition) is 4. The first-order valence-electron chi connectivity index (χ1n) is 11.1. The number of benzene rings is 3. The third kappa shape index (κ3) is 6.83. The first-order chi connectivity index (χ1) is 17.0. The molecular formula is C28H26BrN3O3. The highest BCUT2D eigenvalue weighted by molar-refractivity contribution is 9.10. The molecule has 3 aromatic carbocycles. The van der Waals surface area contributed by atoms with E-state index in [2.05, 4.69) is 57.5 Å². The van der Waals surface area contributed by atoms with Gasteiger partial charge in [0.15, 0.2) is 5.82 Å². The molecule has 1 N–H and O–H groups in total. The van der Waals surface area contributed by atoms with Crippen molar-refractivity contribution in [2.24, 2.45) is 0 Å². The Hall–Kier alpha value is -3.84. The number of halogens is 1. The Balaban J connectivity index is 1.39. The summed E-state index contributed by atoms with van der Waals surface area (Å²) in [7, 11) is 1.63. The third-order valence-corrected chi connectivity index (χ3v) is 5.87. The first-order valence-corrected chi connectivity index (χ1v) is 11.9. The van der Waals surface area contributed by atoms with Gasteiger partial charge in [-0.05, 0) is 64.3 Å². The van der Waals surface area contributed by atoms with Crippen LogP contribution in [0, 0.1) is 6.92 Å². The van der Waals surface area contributed by atoms with Crippen LogP contribution in [-0.4, -0.2) is 22.8 Å². The summed E-state index contributed by atoms with van der Waals surface area (Å²) in [5.41, 5.74) is 4.09. The number of hydrogen-bond donors (Lipinski definition) is 1. The summed E-state index contributed by atoms with van der Waals surface area (Å²) in [6.07, 6.45) is 5.08. The molecular weight excluding hydrogens is 506 g/mol. The maximum Gasteiger partial charge on any atom is 0.249 e. The number of rotatable bonds is 9. The average molecular weight is 532 g/mol. The second kappa shape index (κ2) is 11.5. The van der Waals surface area contributed by atoms with E-state index in [9.17, 15) is 4.79 Å². The summed E-state index contributed by atoms with van der Waals surface area (Å²) in [6.45, 7) is 3.03. The summed E-state index contributed by atoms with van der Waals surface area (Å²) >= 11 is 3.48. The van der Waals surface area contributed by atoms with Crippen LogP contribution in [0.15, 0.2) is 89.5 Å². The first kappa shape index (κ1) is 24.3. The predicted molar refractivity (Wildman–Crippen MR) is 142 cm³/mol. The fourth-order valence-electron chi connectivity index (χ4n) is 3.47. The molecule has 6 nitrogen and oxygen atoms in total. The number of nitrogens with zero attached hydrogens (tertiary/aromatic N) is 2. The summed E-state index contributed by atoms with van der Waals surface area (Å²) in [5, 5.41) is 7.31. The summed E-state index contributed by atoms with van der Waals surface area (Å²) in [6, 6.07) is 23.6. The molecule has 1 heterocycles. The van der Waals surface area contributed by atoms with E-state index in [1.165, 1.54) is 11.6 Å². The van der Waals surface area contributed by atoms with Crippen molar-refractivity contribution in [3.63, 3.8) is 0 Å². The van der Waals surface area contributed by atoms with Crippen LogP contribution >= 0.6 is 15.9 Å². The molecule has 1 amide bonds. The Morgan fingerprint density at radius 3 is 2.60 bits per heavy atom. The molecule has 1 aromatic heterocycles. The van der Waals surface area contributed by atoms with E-state index in [-0.39, 0.29) is 5.91 Å². The van der Waals surface area contributed by atoms with Crippen molar-refractivity contribution in [2.45, 2.75) is 20.1 Å². The number of amides is 1. The lowest BCUT2D eigenvalue weighted by atomic mass is 10.1. The van der Waals surface area contributed by atoms with Crippen LogP contribution in [0.1, 0.15) is 22.3 Å². The number of para-hydroxylation sites is 1. The molecule has 0 saturated heterocycles. The normalized spacial score (nSPS) is 10.9. The van der Waals surface area contributed by atoms with Crippen molar-refractivity contribution >= 4 is 33.7 Å². The smallest absolute Gasteiger partial charge is 0.249 e. The van der Waals surface area contributed by atoms with Crippen molar-refractivity contribution in [1.29, 1.82) is 0 Å². The Morgan fingerprint density at radius 2 is 1.86 bits per heavy atom. The monoisotopic (exact) mass is 531 g/mol. The molecule has 35 heavy (non-hydrogen) atoms. The predicted octanol–water partition coefficient (Wildman–Crippen LogP) is 6.24. The molecule has 0 bridgehead atoms. The van der Waals surface area contributed by atoms with E-state index in [0.29, 0.717) is 19.0 Å². The quantitative estimate of drug-likeness (QED) is 0.259. The van der Waals surface area contributed by atoms with Crippen molar-refractivity contribution in [2.75, 3.05) is 12.4 Å². The van der Waals surface area contributed by atoms with Crippen molar-refractivity contribution in [1.82, 2.24) is 9.78 Å². The van der Waals surface area contributed by atoms with Gasteiger partial charge in [0.1, 0.15) is 18.1 Å². The maximum absolute atomic E-state index is 12.5. The second-order valence-corrected chi connectivity index (χ2v) is 8.86. The fourth-order valence-corrected chi connectivity index (χ4v) is 3.88. The SMILES string of the molecule is COc1ccc(/C=C/C(=O)Nc2nn(Cc3ccc(C)cc3)cc2Br)cc1COc1ccccc1.